The van der Waals surface area contributed by atoms with Crippen LogP contribution in [0.5, 0.6) is 17.2 Å². The third-order valence-electron chi connectivity index (χ3n) is 4.35. The number of benzene rings is 2. The Morgan fingerprint density at radius 2 is 1.93 bits per heavy atom. The molecule has 0 aromatic heterocycles. The van der Waals surface area contributed by atoms with Crippen molar-refractivity contribution < 1.29 is 24.1 Å². The maximum Gasteiger partial charge on any atom is 0.231 e. The minimum Gasteiger partial charge on any atom is -0.497 e. The highest BCUT2D eigenvalue weighted by Crippen LogP contribution is 2.33. The van der Waals surface area contributed by atoms with Crippen molar-refractivity contribution in [2.75, 3.05) is 33.7 Å². The lowest BCUT2D eigenvalue weighted by Crippen LogP contribution is -2.34. The zero-order valence-corrected chi connectivity index (χ0v) is 16.0. The third kappa shape index (κ3) is 5.64. The minimum atomic E-state index is -0.645. The van der Waals surface area contributed by atoms with Crippen LogP contribution in [0.2, 0.25) is 0 Å². The fourth-order valence-electron chi connectivity index (χ4n) is 3.12. The van der Waals surface area contributed by atoms with Gasteiger partial charge in [0.1, 0.15) is 12.4 Å². The maximum atomic E-state index is 10.4. The highest BCUT2D eigenvalue weighted by Gasteiger charge is 2.17. The number of aliphatic hydroxyl groups is 1. The number of terminal acetylenes is 1. The fraction of sp³-hybridized carbons (Fsp3) is 0.364. The molecular weight excluding hydrogens is 358 g/mol. The molecule has 1 aliphatic rings. The molecule has 6 heteroatoms. The summed E-state index contributed by atoms with van der Waals surface area (Å²) < 4.78 is 21.4. The van der Waals surface area contributed by atoms with Crippen molar-refractivity contribution in [1.29, 1.82) is 0 Å². The lowest BCUT2D eigenvalue weighted by Gasteiger charge is -2.25. The van der Waals surface area contributed by atoms with Gasteiger partial charge in [0.2, 0.25) is 6.79 Å². The first-order valence-electron chi connectivity index (χ1n) is 9.11. The van der Waals surface area contributed by atoms with Crippen molar-refractivity contribution in [2.24, 2.45) is 0 Å². The summed E-state index contributed by atoms with van der Waals surface area (Å²) in [6, 6.07) is 13.8. The van der Waals surface area contributed by atoms with Gasteiger partial charge in [-0.3, -0.25) is 4.90 Å². The molecule has 2 aromatic rings. The SMILES string of the molecule is C#CCOC[C@H](O)CN(Cc1cccc(OC)c1)Cc1ccc2c(c1)OCO2. The predicted octanol–water partition coefficient (Wildman–Crippen LogP) is 2.44. The number of methoxy groups -OCH3 is 1. The summed E-state index contributed by atoms with van der Waals surface area (Å²) in [7, 11) is 1.65. The van der Waals surface area contributed by atoms with Crippen LogP contribution < -0.4 is 14.2 Å². The summed E-state index contributed by atoms with van der Waals surface area (Å²) in [4.78, 5) is 2.15. The van der Waals surface area contributed by atoms with Gasteiger partial charge in [0, 0.05) is 19.6 Å². The molecule has 28 heavy (non-hydrogen) atoms. The van der Waals surface area contributed by atoms with E-state index in [1.807, 2.05) is 42.5 Å². The van der Waals surface area contributed by atoms with Crippen LogP contribution in [-0.2, 0) is 17.8 Å². The third-order valence-corrected chi connectivity index (χ3v) is 4.35. The summed E-state index contributed by atoms with van der Waals surface area (Å²) >= 11 is 0. The number of fused-ring (bicyclic) bond motifs is 1. The zero-order chi connectivity index (χ0) is 19.8. The molecule has 0 radical (unpaired) electrons. The average molecular weight is 383 g/mol. The predicted molar refractivity (Wildman–Crippen MR) is 105 cm³/mol. The molecule has 1 N–H and O–H groups in total. The Labute approximate surface area is 165 Å². The topological polar surface area (TPSA) is 60.4 Å². The van der Waals surface area contributed by atoms with Gasteiger partial charge in [-0.05, 0) is 35.4 Å². The highest BCUT2D eigenvalue weighted by molar-refractivity contribution is 5.44. The number of rotatable bonds is 10. The van der Waals surface area contributed by atoms with Gasteiger partial charge in [0.15, 0.2) is 11.5 Å². The van der Waals surface area contributed by atoms with Crippen molar-refractivity contribution in [3.05, 3.63) is 53.6 Å². The van der Waals surface area contributed by atoms with Crippen LogP contribution in [0.1, 0.15) is 11.1 Å². The van der Waals surface area contributed by atoms with Crippen molar-refractivity contribution in [1.82, 2.24) is 4.90 Å². The van der Waals surface area contributed by atoms with Crippen LogP contribution >= 0.6 is 0 Å². The van der Waals surface area contributed by atoms with E-state index in [2.05, 4.69) is 10.8 Å². The van der Waals surface area contributed by atoms with E-state index in [4.69, 9.17) is 25.4 Å². The number of hydrogen-bond donors (Lipinski definition) is 1. The van der Waals surface area contributed by atoms with Gasteiger partial charge >= 0.3 is 0 Å². The molecule has 1 heterocycles. The van der Waals surface area contributed by atoms with Gasteiger partial charge in [-0.25, -0.2) is 0 Å². The summed E-state index contributed by atoms with van der Waals surface area (Å²) in [5.74, 6) is 4.71. The molecule has 0 bridgehead atoms. The van der Waals surface area contributed by atoms with Crippen molar-refractivity contribution in [3.63, 3.8) is 0 Å². The largest absolute Gasteiger partial charge is 0.497 e. The van der Waals surface area contributed by atoms with Crippen molar-refractivity contribution in [2.45, 2.75) is 19.2 Å². The van der Waals surface area contributed by atoms with Crippen LogP contribution in [0.25, 0.3) is 0 Å². The lowest BCUT2D eigenvalue weighted by molar-refractivity contribution is 0.0243. The van der Waals surface area contributed by atoms with Gasteiger partial charge < -0.3 is 24.1 Å². The molecule has 1 aliphatic heterocycles. The summed E-state index contributed by atoms with van der Waals surface area (Å²) in [5, 5.41) is 10.4. The van der Waals surface area contributed by atoms with E-state index < -0.39 is 6.10 Å². The molecule has 0 saturated heterocycles. The van der Waals surface area contributed by atoms with E-state index in [1.54, 1.807) is 7.11 Å². The first kappa shape index (κ1) is 20.0. The van der Waals surface area contributed by atoms with Gasteiger partial charge in [-0.1, -0.05) is 24.1 Å². The maximum absolute atomic E-state index is 10.4. The standard InChI is InChI=1S/C22H25NO5/c1-3-9-26-15-19(24)14-23(12-17-5-4-6-20(10-17)25-2)13-18-7-8-21-22(11-18)28-16-27-21/h1,4-8,10-11,19,24H,9,12-16H2,2H3/t19-/m1/s1. The van der Waals surface area contributed by atoms with Crippen LogP contribution in [0, 0.1) is 12.3 Å². The molecular formula is C22H25NO5. The molecule has 0 fully saturated rings. The Bertz CT molecular complexity index is 817. The van der Waals surface area contributed by atoms with Crippen LogP contribution in [0.4, 0.5) is 0 Å². The molecule has 1 atom stereocenters. The number of hydrogen-bond acceptors (Lipinski definition) is 6. The van der Waals surface area contributed by atoms with E-state index in [9.17, 15) is 5.11 Å². The Balaban J connectivity index is 1.70. The molecule has 3 rings (SSSR count). The molecule has 2 aromatic carbocycles. The molecule has 6 nitrogen and oxygen atoms in total. The van der Waals surface area contributed by atoms with Gasteiger partial charge in [0.25, 0.3) is 0 Å². The summed E-state index contributed by atoms with van der Waals surface area (Å²) in [6.45, 7) is 2.36. The quantitative estimate of drug-likeness (QED) is 0.502. The van der Waals surface area contributed by atoms with Crippen LogP contribution in [0.15, 0.2) is 42.5 Å². The molecule has 0 unspecified atom stereocenters. The van der Waals surface area contributed by atoms with E-state index in [0.29, 0.717) is 19.6 Å². The van der Waals surface area contributed by atoms with Crippen molar-refractivity contribution >= 4 is 0 Å². The second-order valence-electron chi connectivity index (χ2n) is 6.58. The Hall–Kier alpha value is -2.72. The fourth-order valence-corrected chi connectivity index (χ4v) is 3.12. The van der Waals surface area contributed by atoms with E-state index in [0.717, 1.165) is 28.4 Å². The number of aliphatic hydroxyl groups excluding tert-OH is 1. The first-order valence-corrected chi connectivity index (χ1v) is 9.11. The monoisotopic (exact) mass is 383 g/mol. The first-order chi connectivity index (χ1) is 13.7. The molecule has 0 spiro atoms. The molecule has 0 saturated carbocycles. The van der Waals surface area contributed by atoms with Gasteiger partial charge in [-0.2, -0.15) is 0 Å². The molecule has 148 valence electrons. The summed E-state index contributed by atoms with van der Waals surface area (Å²) in [6.07, 6.45) is 4.55. The van der Waals surface area contributed by atoms with Crippen LogP contribution in [0.3, 0.4) is 0 Å². The van der Waals surface area contributed by atoms with Crippen LogP contribution in [-0.4, -0.2) is 49.8 Å². The van der Waals surface area contributed by atoms with E-state index in [-0.39, 0.29) is 20.0 Å². The van der Waals surface area contributed by atoms with Crippen molar-refractivity contribution in [3.8, 4) is 29.6 Å². The summed E-state index contributed by atoms with van der Waals surface area (Å²) in [5.41, 5.74) is 2.17. The lowest BCUT2D eigenvalue weighted by atomic mass is 10.1. The highest BCUT2D eigenvalue weighted by atomic mass is 16.7. The Morgan fingerprint density at radius 3 is 2.71 bits per heavy atom. The Morgan fingerprint density at radius 1 is 1.14 bits per heavy atom. The minimum absolute atomic E-state index is 0.190. The second-order valence-corrected chi connectivity index (χ2v) is 6.58. The number of nitrogens with zero attached hydrogens (tertiary/aromatic N) is 1. The second kappa shape index (κ2) is 10.00. The van der Waals surface area contributed by atoms with E-state index in [1.165, 1.54) is 0 Å². The smallest absolute Gasteiger partial charge is 0.231 e. The molecule has 0 amide bonds. The normalized spacial score (nSPS) is 13.4. The van der Waals surface area contributed by atoms with Gasteiger partial charge in [-0.15, -0.1) is 6.42 Å². The molecule has 0 aliphatic carbocycles. The Kier molecular flexibility index (Phi) is 7.15. The average Bonchev–Trinajstić information content (AvgIpc) is 3.16. The zero-order valence-electron chi connectivity index (χ0n) is 16.0. The number of ether oxygens (including phenoxy) is 4. The van der Waals surface area contributed by atoms with E-state index >= 15 is 0 Å². The van der Waals surface area contributed by atoms with Gasteiger partial charge in [0.05, 0.1) is 19.8 Å².